The average molecular weight is 168 g/mol. The highest BCUT2D eigenvalue weighted by molar-refractivity contribution is 4.93. The smallest absolute Gasteiger partial charge is 0.0321 e. The maximum absolute atomic E-state index is 2.43. The van der Waals surface area contributed by atoms with Gasteiger partial charge in [0.1, 0.15) is 0 Å². The summed E-state index contributed by atoms with van der Waals surface area (Å²) in [4.78, 5) is 0. The third-order valence-corrected chi connectivity index (χ3v) is 3.89. The Hall–Kier alpha value is 0. The molecule has 3 atom stereocenters. The zero-order valence-electron chi connectivity index (χ0n) is 9.35. The maximum atomic E-state index is 2.43. The van der Waals surface area contributed by atoms with Crippen molar-refractivity contribution in [2.45, 2.75) is 53.9 Å². The molecular formula is C12H24. The molecule has 0 amide bonds. The first-order valence-corrected chi connectivity index (χ1v) is 5.47. The topological polar surface area (TPSA) is 0 Å². The fourth-order valence-corrected chi connectivity index (χ4v) is 2.88. The van der Waals surface area contributed by atoms with E-state index in [1.807, 2.05) is 0 Å². The van der Waals surface area contributed by atoms with E-state index in [1.165, 1.54) is 19.3 Å². The van der Waals surface area contributed by atoms with E-state index in [1.54, 1.807) is 0 Å². The average Bonchev–Trinajstić information content (AvgIpc) is 1.99. The molecule has 0 aliphatic heterocycles. The van der Waals surface area contributed by atoms with Crippen molar-refractivity contribution in [3.8, 4) is 0 Å². The van der Waals surface area contributed by atoms with Gasteiger partial charge in [-0.2, -0.15) is 0 Å². The van der Waals surface area contributed by atoms with Gasteiger partial charge in [-0.05, 0) is 36.0 Å². The normalized spacial score (nSPS) is 35.8. The van der Waals surface area contributed by atoms with Crippen LogP contribution in [0.15, 0.2) is 0 Å². The van der Waals surface area contributed by atoms with Gasteiger partial charge in [0.2, 0.25) is 0 Å². The molecule has 12 heavy (non-hydrogen) atoms. The van der Waals surface area contributed by atoms with Crippen LogP contribution in [0.5, 0.6) is 0 Å². The Morgan fingerprint density at radius 1 is 1.42 bits per heavy atom. The van der Waals surface area contributed by atoms with Crippen LogP contribution < -0.4 is 0 Å². The second-order valence-corrected chi connectivity index (χ2v) is 5.53. The van der Waals surface area contributed by atoms with Crippen LogP contribution in [0.1, 0.15) is 53.9 Å². The summed E-state index contributed by atoms with van der Waals surface area (Å²) >= 11 is 0. The Labute approximate surface area is 77.7 Å². The molecule has 0 aromatic rings. The third-order valence-electron chi connectivity index (χ3n) is 3.89. The van der Waals surface area contributed by atoms with Gasteiger partial charge < -0.3 is 0 Å². The molecule has 1 saturated carbocycles. The molecule has 3 unspecified atom stereocenters. The van der Waals surface area contributed by atoms with Crippen molar-refractivity contribution in [1.82, 2.24) is 0 Å². The number of rotatable bonds is 3. The zero-order chi connectivity index (χ0) is 9.35. The summed E-state index contributed by atoms with van der Waals surface area (Å²) in [5.41, 5.74) is 0.642. The van der Waals surface area contributed by atoms with E-state index in [2.05, 4.69) is 34.6 Å². The maximum Gasteiger partial charge on any atom is -0.0321 e. The van der Waals surface area contributed by atoms with E-state index in [4.69, 9.17) is 0 Å². The Morgan fingerprint density at radius 2 is 2.00 bits per heavy atom. The van der Waals surface area contributed by atoms with Crippen molar-refractivity contribution in [3.63, 3.8) is 0 Å². The zero-order valence-corrected chi connectivity index (χ0v) is 9.35. The van der Waals surface area contributed by atoms with Gasteiger partial charge in [0, 0.05) is 0 Å². The van der Waals surface area contributed by atoms with Gasteiger partial charge in [-0.1, -0.05) is 41.0 Å². The highest BCUT2D eigenvalue weighted by Crippen LogP contribution is 2.53. The summed E-state index contributed by atoms with van der Waals surface area (Å²) in [6, 6.07) is 0. The molecule has 0 aromatic heterocycles. The highest BCUT2D eigenvalue weighted by Gasteiger charge is 2.44. The molecule has 0 aromatic carbocycles. The minimum atomic E-state index is 0.642. The minimum absolute atomic E-state index is 0.642. The van der Waals surface area contributed by atoms with E-state index in [-0.39, 0.29) is 0 Å². The first-order chi connectivity index (χ1) is 5.47. The Kier molecular flexibility index (Phi) is 2.85. The lowest BCUT2D eigenvalue weighted by Crippen LogP contribution is -2.43. The van der Waals surface area contributed by atoms with Crippen molar-refractivity contribution in [3.05, 3.63) is 0 Å². The van der Waals surface area contributed by atoms with E-state index in [0.29, 0.717) is 5.41 Å². The van der Waals surface area contributed by atoms with Gasteiger partial charge in [0.25, 0.3) is 0 Å². The number of hydrogen-bond donors (Lipinski definition) is 0. The highest BCUT2D eigenvalue weighted by atomic mass is 14.5. The summed E-state index contributed by atoms with van der Waals surface area (Å²) in [7, 11) is 0. The van der Waals surface area contributed by atoms with Crippen LogP contribution >= 0.6 is 0 Å². The standard InChI is InChI=1S/C12H24/c1-6-9(2)7-11-10(3)8-12(11,4)5/h9-11H,6-8H2,1-5H3. The molecule has 0 saturated heterocycles. The molecular weight excluding hydrogens is 144 g/mol. The molecule has 0 nitrogen and oxygen atoms in total. The monoisotopic (exact) mass is 168 g/mol. The second kappa shape index (κ2) is 3.40. The predicted molar refractivity (Wildman–Crippen MR) is 55.1 cm³/mol. The van der Waals surface area contributed by atoms with Crippen LogP contribution in [0.4, 0.5) is 0 Å². The van der Waals surface area contributed by atoms with Crippen LogP contribution in [0.25, 0.3) is 0 Å². The van der Waals surface area contributed by atoms with Gasteiger partial charge in [-0.3, -0.25) is 0 Å². The molecule has 0 bridgehead atoms. The SMILES string of the molecule is CCC(C)CC1C(C)CC1(C)C. The van der Waals surface area contributed by atoms with Gasteiger partial charge in [0.05, 0.1) is 0 Å². The number of hydrogen-bond acceptors (Lipinski definition) is 0. The molecule has 1 aliphatic rings. The predicted octanol–water partition coefficient (Wildman–Crippen LogP) is 4.10. The first kappa shape index (κ1) is 10.1. The van der Waals surface area contributed by atoms with Crippen molar-refractivity contribution in [2.75, 3.05) is 0 Å². The molecule has 72 valence electrons. The van der Waals surface area contributed by atoms with Crippen LogP contribution in [0, 0.1) is 23.2 Å². The van der Waals surface area contributed by atoms with E-state index in [9.17, 15) is 0 Å². The van der Waals surface area contributed by atoms with Crippen LogP contribution in [0.2, 0.25) is 0 Å². The van der Waals surface area contributed by atoms with Crippen LogP contribution in [-0.4, -0.2) is 0 Å². The molecule has 1 rings (SSSR count). The second-order valence-electron chi connectivity index (χ2n) is 5.53. The minimum Gasteiger partial charge on any atom is -0.0651 e. The van der Waals surface area contributed by atoms with Crippen molar-refractivity contribution < 1.29 is 0 Å². The molecule has 0 spiro atoms. The molecule has 0 heteroatoms. The van der Waals surface area contributed by atoms with Crippen molar-refractivity contribution >= 4 is 0 Å². The largest absolute Gasteiger partial charge is 0.0651 e. The molecule has 0 radical (unpaired) electrons. The Balaban J connectivity index is 2.40. The summed E-state index contributed by atoms with van der Waals surface area (Å²) < 4.78 is 0. The summed E-state index contributed by atoms with van der Waals surface area (Å²) in [6.07, 6.45) is 4.23. The third kappa shape index (κ3) is 1.84. The van der Waals surface area contributed by atoms with Crippen LogP contribution in [-0.2, 0) is 0 Å². The van der Waals surface area contributed by atoms with E-state index in [0.717, 1.165) is 17.8 Å². The molecule has 0 N–H and O–H groups in total. The van der Waals surface area contributed by atoms with Gasteiger partial charge in [0.15, 0.2) is 0 Å². The van der Waals surface area contributed by atoms with E-state index >= 15 is 0 Å². The fraction of sp³-hybridized carbons (Fsp3) is 1.00. The first-order valence-electron chi connectivity index (χ1n) is 5.47. The molecule has 0 heterocycles. The van der Waals surface area contributed by atoms with Crippen molar-refractivity contribution in [1.29, 1.82) is 0 Å². The summed E-state index contributed by atoms with van der Waals surface area (Å²) in [5, 5.41) is 0. The van der Waals surface area contributed by atoms with E-state index < -0.39 is 0 Å². The lowest BCUT2D eigenvalue weighted by Gasteiger charge is -2.51. The lowest BCUT2D eigenvalue weighted by atomic mass is 9.54. The summed E-state index contributed by atoms with van der Waals surface area (Å²) in [6.45, 7) is 12.0. The summed E-state index contributed by atoms with van der Waals surface area (Å²) in [5.74, 6) is 2.90. The molecule has 1 fully saturated rings. The van der Waals surface area contributed by atoms with Gasteiger partial charge >= 0.3 is 0 Å². The Morgan fingerprint density at radius 3 is 2.33 bits per heavy atom. The molecule has 1 aliphatic carbocycles. The van der Waals surface area contributed by atoms with Crippen molar-refractivity contribution in [2.24, 2.45) is 23.2 Å². The lowest BCUT2D eigenvalue weighted by molar-refractivity contribution is -0.0161. The fourth-order valence-electron chi connectivity index (χ4n) is 2.88. The Bertz CT molecular complexity index is 146. The van der Waals surface area contributed by atoms with Gasteiger partial charge in [-0.25, -0.2) is 0 Å². The van der Waals surface area contributed by atoms with Crippen LogP contribution in [0.3, 0.4) is 0 Å². The quantitative estimate of drug-likeness (QED) is 0.595. The van der Waals surface area contributed by atoms with Gasteiger partial charge in [-0.15, -0.1) is 0 Å².